The highest BCUT2D eigenvalue weighted by molar-refractivity contribution is 5.63. The maximum absolute atomic E-state index is 4.46. The van der Waals surface area contributed by atoms with Gasteiger partial charge in [0.1, 0.15) is 0 Å². The Kier molecular flexibility index (Phi) is 5.33. The lowest BCUT2D eigenvalue weighted by Gasteiger charge is -2.31. The van der Waals surface area contributed by atoms with E-state index in [2.05, 4.69) is 51.4 Å². The number of hydrogen-bond acceptors (Lipinski definition) is 1. The van der Waals surface area contributed by atoms with Gasteiger partial charge in [0, 0.05) is 6.20 Å². The Bertz CT molecular complexity index is 405. The van der Waals surface area contributed by atoms with Crippen LogP contribution < -0.4 is 0 Å². The Morgan fingerprint density at radius 2 is 2.17 bits per heavy atom. The van der Waals surface area contributed by atoms with E-state index >= 15 is 0 Å². The zero-order valence-corrected chi connectivity index (χ0v) is 12.1. The largest absolute Gasteiger partial charge is 0.257 e. The highest BCUT2D eigenvalue weighted by atomic mass is 14.7. The van der Waals surface area contributed by atoms with Gasteiger partial charge in [-0.05, 0) is 41.9 Å². The molecule has 0 aliphatic carbocycles. The number of aromatic nitrogens is 1. The number of hydrogen-bond donors (Lipinski definition) is 0. The SMILES string of the molecule is C=C[C@@H](C)C(C)(/C=C(\CC)c1ccccn1)CC. The van der Waals surface area contributed by atoms with Gasteiger partial charge < -0.3 is 0 Å². The van der Waals surface area contributed by atoms with E-state index in [0.717, 1.165) is 18.5 Å². The summed E-state index contributed by atoms with van der Waals surface area (Å²) in [5.41, 5.74) is 2.58. The topological polar surface area (TPSA) is 12.9 Å². The summed E-state index contributed by atoms with van der Waals surface area (Å²) in [6.07, 6.45) is 8.42. The second-order valence-corrected chi connectivity index (χ2v) is 5.12. The molecular formula is C17H25N. The van der Waals surface area contributed by atoms with Gasteiger partial charge in [-0.1, -0.05) is 45.9 Å². The molecule has 1 aromatic heterocycles. The van der Waals surface area contributed by atoms with Crippen LogP contribution in [0.5, 0.6) is 0 Å². The highest BCUT2D eigenvalue weighted by Crippen LogP contribution is 2.36. The molecule has 1 rings (SSSR count). The van der Waals surface area contributed by atoms with Crippen molar-refractivity contribution in [2.45, 2.75) is 40.5 Å². The molecule has 0 aromatic carbocycles. The third kappa shape index (κ3) is 3.32. The minimum absolute atomic E-state index is 0.157. The van der Waals surface area contributed by atoms with Crippen molar-refractivity contribution in [2.75, 3.05) is 0 Å². The molecule has 1 aromatic rings. The molecule has 2 atom stereocenters. The molecule has 0 aliphatic heterocycles. The first-order valence-corrected chi connectivity index (χ1v) is 6.83. The van der Waals surface area contributed by atoms with Gasteiger partial charge in [0.15, 0.2) is 0 Å². The maximum Gasteiger partial charge on any atom is 0.0658 e. The standard InChI is InChI=1S/C17H25N/c1-6-14(4)17(5,8-3)13-15(7-2)16-11-9-10-12-18-16/h6,9-14H,1,7-8H2,2-5H3/b15-13+/t14-,17?/m1/s1. The van der Waals surface area contributed by atoms with Gasteiger partial charge in [0.25, 0.3) is 0 Å². The summed E-state index contributed by atoms with van der Waals surface area (Å²) >= 11 is 0. The first-order chi connectivity index (χ1) is 8.57. The van der Waals surface area contributed by atoms with Gasteiger partial charge in [0.2, 0.25) is 0 Å². The van der Waals surface area contributed by atoms with E-state index in [9.17, 15) is 0 Å². The lowest BCUT2D eigenvalue weighted by atomic mass is 9.74. The van der Waals surface area contributed by atoms with Gasteiger partial charge in [0.05, 0.1) is 5.69 Å². The Balaban J connectivity index is 3.14. The van der Waals surface area contributed by atoms with Crippen LogP contribution in [0.4, 0.5) is 0 Å². The molecule has 1 heteroatoms. The highest BCUT2D eigenvalue weighted by Gasteiger charge is 2.25. The van der Waals surface area contributed by atoms with Gasteiger partial charge in [-0.15, -0.1) is 6.58 Å². The van der Waals surface area contributed by atoms with E-state index in [1.807, 2.05) is 24.4 Å². The Morgan fingerprint density at radius 1 is 1.44 bits per heavy atom. The van der Waals surface area contributed by atoms with Crippen LogP contribution in [0.3, 0.4) is 0 Å². The second kappa shape index (κ2) is 6.53. The van der Waals surface area contributed by atoms with Crippen LogP contribution in [0.2, 0.25) is 0 Å². The molecule has 0 saturated heterocycles. The third-order valence-corrected chi connectivity index (χ3v) is 4.03. The first-order valence-electron chi connectivity index (χ1n) is 6.83. The van der Waals surface area contributed by atoms with Crippen LogP contribution in [-0.4, -0.2) is 4.98 Å². The van der Waals surface area contributed by atoms with Crippen LogP contribution in [0.1, 0.15) is 46.2 Å². The zero-order chi connectivity index (χ0) is 13.6. The molecule has 0 amide bonds. The van der Waals surface area contributed by atoms with E-state index < -0.39 is 0 Å². The molecule has 98 valence electrons. The summed E-state index contributed by atoms with van der Waals surface area (Å²) in [5, 5.41) is 0. The van der Waals surface area contributed by atoms with Crippen molar-refractivity contribution < 1.29 is 0 Å². The smallest absolute Gasteiger partial charge is 0.0658 e. The summed E-state index contributed by atoms with van der Waals surface area (Å²) in [4.78, 5) is 4.46. The minimum Gasteiger partial charge on any atom is -0.257 e. The van der Waals surface area contributed by atoms with Crippen molar-refractivity contribution in [3.63, 3.8) is 0 Å². The second-order valence-electron chi connectivity index (χ2n) is 5.12. The van der Waals surface area contributed by atoms with Gasteiger partial charge in [-0.25, -0.2) is 0 Å². The average molecular weight is 243 g/mol. The summed E-state index contributed by atoms with van der Waals surface area (Å²) in [5.74, 6) is 0.466. The zero-order valence-electron chi connectivity index (χ0n) is 12.1. The van der Waals surface area contributed by atoms with E-state index in [-0.39, 0.29) is 5.41 Å². The number of pyridine rings is 1. The molecule has 0 bridgehead atoms. The quantitative estimate of drug-likeness (QED) is 0.632. The fourth-order valence-corrected chi connectivity index (χ4v) is 2.13. The molecule has 0 N–H and O–H groups in total. The normalized spacial score (nSPS) is 17.0. The van der Waals surface area contributed by atoms with Crippen LogP contribution in [0.25, 0.3) is 5.57 Å². The summed E-state index contributed by atoms with van der Waals surface area (Å²) in [6.45, 7) is 12.9. The van der Waals surface area contributed by atoms with Crippen LogP contribution in [0, 0.1) is 11.3 Å². The number of allylic oxidation sites excluding steroid dienone is 3. The predicted octanol–water partition coefficient (Wildman–Crippen LogP) is 5.11. The lowest BCUT2D eigenvalue weighted by Crippen LogP contribution is -2.21. The molecular weight excluding hydrogens is 218 g/mol. The molecule has 0 spiro atoms. The average Bonchev–Trinajstić information content (AvgIpc) is 2.44. The van der Waals surface area contributed by atoms with Crippen molar-refractivity contribution in [2.24, 2.45) is 11.3 Å². The summed E-state index contributed by atoms with van der Waals surface area (Å²) in [7, 11) is 0. The maximum atomic E-state index is 4.46. The van der Waals surface area contributed by atoms with Gasteiger partial charge >= 0.3 is 0 Å². The van der Waals surface area contributed by atoms with Crippen LogP contribution in [0.15, 0.2) is 43.1 Å². The fourth-order valence-electron chi connectivity index (χ4n) is 2.13. The molecule has 0 saturated carbocycles. The number of nitrogens with zero attached hydrogens (tertiary/aromatic N) is 1. The lowest BCUT2D eigenvalue weighted by molar-refractivity contribution is 0.317. The monoisotopic (exact) mass is 243 g/mol. The Morgan fingerprint density at radius 3 is 2.61 bits per heavy atom. The van der Waals surface area contributed by atoms with Gasteiger partial charge in [-0.2, -0.15) is 0 Å². The van der Waals surface area contributed by atoms with E-state index in [0.29, 0.717) is 5.92 Å². The fraction of sp³-hybridized carbons (Fsp3) is 0.471. The molecule has 0 fully saturated rings. The van der Waals surface area contributed by atoms with Gasteiger partial charge in [-0.3, -0.25) is 4.98 Å². The Hall–Kier alpha value is -1.37. The number of rotatable bonds is 6. The molecule has 18 heavy (non-hydrogen) atoms. The van der Waals surface area contributed by atoms with Crippen molar-refractivity contribution in [1.82, 2.24) is 4.98 Å². The van der Waals surface area contributed by atoms with Crippen molar-refractivity contribution in [3.8, 4) is 0 Å². The van der Waals surface area contributed by atoms with Crippen molar-refractivity contribution in [3.05, 3.63) is 48.8 Å². The van der Waals surface area contributed by atoms with E-state index in [4.69, 9.17) is 0 Å². The molecule has 1 heterocycles. The van der Waals surface area contributed by atoms with Crippen LogP contribution >= 0.6 is 0 Å². The molecule has 1 unspecified atom stereocenters. The summed E-state index contributed by atoms with van der Waals surface area (Å²) < 4.78 is 0. The minimum atomic E-state index is 0.157. The van der Waals surface area contributed by atoms with Crippen LogP contribution in [-0.2, 0) is 0 Å². The van der Waals surface area contributed by atoms with Crippen molar-refractivity contribution >= 4 is 5.57 Å². The Labute approximate surface area is 112 Å². The van der Waals surface area contributed by atoms with Crippen molar-refractivity contribution in [1.29, 1.82) is 0 Å². The first kappa shape index (κ1) is 14.7. The summed E-state index contributed by atoms with van der Waals surface area (Å²) in [6, 6.07) is 6.10. The molecule has 0 radical (unpaired) electrons. The predicted molar refractivity (Wildman–Crippen MR) is 80.3 cm³/mol. The molecule has 0 aliphatic rings. The third-order valence-electron chi connectivity index (χ3n) is 4.03. The van der Waals surface area contributed by atoms with E-state index in [1.54, 1.807) is 0 Å². The molecule has 1 nitrogen and oxygen atoms in total. The van der Waals surface area contributed by atoms with E-state index in [1.165, 1.54) is 5.57 Å².